The van der Waals surface area contributed by atoms with E-state index in [4.69, 9.17) is 11.6 Å². The number of aryl methyl sites for hydroxylation is 2. The molecule has 1 fully saturated rings. The number of piperazine rings is 1. The summed E-state index contributed by atoms with van der Waals surface area (Å²) in [5.41, 5.74) is 3.41. The van der Waals surface area contributed by atoms with Gasteiger partial charge >= 0.3 is 0 Å². The fourth-order valence-electron chi connectivity index (χ4n) is 4.55. The molecule has 0 atom stereocenters. The molecule has 3 aromatic carbocycles. The van der Waals surface area contributed by atoms with Gasteiger partial charge in [0.15, 0.2) is 0 Å². The minimum absolute atomic E-state index is 0.119. The second kappa shape index (κ2) is 10.0. The molecule has 36 heavy (non-hydrogen) atoms. The van der Waals surface area contributed by atoms with E-state index in [9.17, 15) is 16.8 Å². The largest absolute Gasteiger partial charge is 0.369 e. The molecule has 0 radical (unpaired) electrons. The van der Waals surface area contributed by atoms with E-state index in [1.54, 1.807) is 50.2 Å². The molecule has 7 nitrogen and oxygen atoms in total. The monoisotopic (exact) mass is 547 g/mol. The van der Waals surface area contributed by atoms with Gasteiger partial charge in [0.1, 0.15) is 0 Å². The van der Waals surface area contributed by atoms with Crippen molar-refractivity contribution in [2.45, 2.75) is 30.6 Å². The predicted molar refractivity (Wildman–Crippen MR) is 145 cm³/mol. The Labute approximate surface area is 219 Å². The molecule has 1 heterocycles. The van der Waals surface area contributed by atoms with Gasteiger partial charge in [-0.1, -0.05) is 35.4 Å². The molecular weight excluding hydrogens is 518 g/mol. The molecule has 1 saturated heterocycles. The molecule has 4 rings (SSSR count). The predicted octanol–water partition coefficient (Wildman–Crippen LogP) is 4.60. The number of hydrogen-bond acceptors (Lipinski definition) is 5. The van der Waals surface area contributed by atoms with Crippen LogP contribution >= 0.6 is 11.6 Å². The zero-order valence-electron chi connectivity index (χ0n) is 20.8. The van der Waals surface area contributed by atoms with Gasteiger partial charge in [-0.15, -0.1) is 0 Å². The van der Waals surface area contributed by atoms with Crippen LogP contribution in [0.25, 0.3) is 0 Å². The van der Waals surface area contributed by atoms with Crippen LogP contribution in [0.4, 0.5) is 11.4 Å². The summed E-state index contributed by atoms with van der Waals surface area (Å²) in [5.74, 6) is 0. The van der Waals surface area contributed by atoms with E-state index in [-0.39, 0.29) is 9.79 Å². The topological polar surface area (TPSA) is 78.0 Å². The highest BCUT2D eigenvalue weighted by molar-refractivity contribution is 7.92. The molecule has 10 heteroatoms. The molecule has 0 saturated carbocycles. The van der Waals surface area contributed by atoms with E-state index < -0.39 is 20.0 Å². The first-order chi connectivity index (χ1) is 16.9. The van der Waals surface area contributed by atoms with Crippen LogP contribution < -0.4 is 9.21 Å². The van der Waals surface area contributed by atoms with Crippen molar-refractivity contribution in [3.8, 4) is 0 Å². The first-order valence-electron chi connectivity index (χ1n) is 11.6. The lowest BCUT2D eigenvalue weighted by molar-refractivity contribution is 0.384. The summed E-state index contributed by atoms with van der Waals surface area (Å²) in [4.78, 5) is 2.40. The zero-order valence-corrected chi connectivity index (χ0v) is 23.2. The Hall–Kier alpha value is -2.59. The Morgan fingerprint density at radius 3 is 1.94 bits per heavy atom. The SMILES string of the molecule is Cc1ccc(S(=O)(=O)N(C)c2c(C)ccc(S(=O)(=O)N3CCN(c4ccc(Cl)cc4)CC3)c2C)cc1. The van der Waals surface area contributed by atoms with Crippen molar-refractivity contribution >= 4 is 43.0 Å². The number of benzene rings is 3. The van der Waals surface area contributed by atoms with Crippen LogP contribution in [0.2, 0.25) is 5.02 Å². The van der Waals surface area contributed by atoms with Crippen LogP contribution in [0.3, 0.4) is 0 Å². The summed E-state index contributed by atoms with van der Waals surface area (Å²) in [6.07, 6.45) is 0. The van der Waals surface area contributed by atoms with Crippen LogP contribution in [0.1, 0.15) is 16.7 Å². The number of halogens is 1. The van der Waals surface area contributed by atoms with E-state index in [1.807, 2.05) is 31.2 Å². The number of hydrogen-bond donors (Lipinski definition) is 0. The number of rotatable bonds is 6. The number of anilines is 2. The molecule has 0 aliphatic carbocycles. The maximum absolute atomic E-state index is 13.7. The maximum Gasteiger partial charge on any atom is 0.264 e. The van der Waals surface area contributed by atoms with Crippen LogP contribution in [-0.2, 0) is 20.0 Å². The Morgan fingerprint density at radius 2 is 1.36 bits per heavy atom. The number of sulfonamides is 2. The molecule has 0 amide bonds. The highest BCUT2D eigenvalue weighted by atomic mass is 35.5. The second-order valence-corrected chi connectivity index (χ2v) is 13.3. The van der Waals surface area contributed by atoms with Crippen molar-refractivity contribution in [2.24, 2.45) is 0 Å². The minimum Gasteiger partial charge on any atom is -0.369 e. The van der Waals surface area contributed by atoms with E-state index in [0.717, 1.165) is 11.3 Å². The van der Waals surface area contributed by atoms with Crippen molar-refractivity contribution in [3.63, 3.8) is 0 Å². The van der Waals surface area contributed by atoms with Crippen molar-refractivity contribution in [1.82, 2.24) is 4.31 Å². The first kappa shape index (κ1) is 26.5. The lowest BCUT2D eigenvalue weighted by Gasteiger charge is -2.36. The molecule has 0 spiro atoms. The summed E-state index contributed by atoms with van der Waals surface area (Å²) < 4.78 is 56.7. The van der Waals surface area contributed by atoms with E-state index in [2.05, 4.69) is 4.90 Å². The molecular formula is C26H30ClN3O4S2. The fourth-order valence-corrected chi connectivity index (χ4v) is 7.64. The lowest BCUT2D eigenvalue weighted by atomic mass is 10.1. The molecule has 0 aromatic heterocycles. The van der Waals surface area contributed by atoms with Gasteiger partial charge in [-0.25, -0.2) is 16.8 Å². The van der Waals surface area contributed by atoms with E-state index in [0.29, 0.717) is 48.0 Å². The standard InChI is InChI=1S/C26H30ClN3O4S2/c1-19-5-12-24(13-6-19)35(31,32)28(4)26-20(2)7-14-25(21(26)3)36(33,34)30-17-15-29(16-18-30)23-10-8-22(27)9-11-23/h5-14H,15-18H2,1-4H3. The van der Waals surface area contributed by atoms with Crippen LogP contribution in [-0.4, -0.2) is 54.4 Å². The minimum atomic E-state index is -3.87. The van der Waals surface area contributed by atoms with Crippen molar-refractivity contribution in [2.75, 3.05) is 42.4 Å². The van der Waals surface area contributed by atoms with Crippen LogP contribution in [0.5, 0.6) is 0 Å². The van der Waals surface area contributed by atoms with Gasteiger partial charge in [-0.3, -0.25) is 4.31 Å². The second-order valence-electron chi connectivity index (χ2n) is 9.01. The van der Waals surface area contributed by atoms with Gasteiger partial charge in [-0.2, -0.15) is 4.31 Å². The zero-order chi connectivity index (χ0) is 26.3. The molecule has 0 N–H and O–H groups in total. The highest BCUT2D eigenvalue weighted by Crippen LogP contribution is 2.34. The third kappa shape index (κ3) is 4.98. The van der Waals surface area contributed by atoms with Crippen LogP contribution in [0, 0.1) is 20.8 Å². The Kier molecular flexibility index (Phi) is 7.39. The molecule has 0 unspecified atom stereocenters. The van der Waals surface area contributed by atoms with Gasteiger partial charge in [-0.05, 0) is 74.4 Å². The highest BCUT2D eigenvalue weighted by Gasteiger charge is 2.32. The molecule has 3 aromatic rings. The average molecular weight is 548 g/mol. The lowest BCUT2D eigenvalue weighted by Crippen LogP contribution is -2.48. The third-order valence-corrected chi connectivity index (χ3v) is 10.7. The molecule has 1 aliphatic heterocycles. The van der Waals surface area contributed by atoms with Crippen molar-refractivity contribution < 1.29 is 16.8 Å². The van der Waals surface area contributed by atoms with Gasteiger partial charge in [0, 0.05) is 43.9 Å². The molecule has 1 aliphatic rings. The summed E-state index contributed by atoms with van der Waals surface area (Å²) >= 11 is 5.98. The maximum atomic E-state index is 13.7. The quantitative estimate of drug-likeness (QED) is 0.450. The Bertz CT molecular complexity index is 1460. The van der Waals surface area contributed by atoms with Gasteiger partial charge in [0.2, 0.25) is 10.0 Å². The van der Waals surface area contributed by atoms with Crippen molar-refractivity contribution in [3.05, 3.63) is 82.4 Å². The van der Waals surface area contributed by atoms with Crippen LogP contribution in [0.15, 0.2) is 70.5 Å². The first-order valence-corrected chi connectivity index (χ1v) is 14.8. The third-order valence-electron chi connectivity index (χ3n) is 6.63. The Morgan fingerprint density at radius 1 is 0.778 bits per heavy atom. The molecule has 0 bridgehead atoms. The van der Waals surface area contributed by atoms with Crippen molar-refractivity contribution in [1.29, 1.82) is 0 Å². The summed E-state index contributed by atoms with van der Waals surface area (Å²) in [6.45, 7) is 7.07. The average Bonchev–Trinajstić information content (AvgIpc) is 2.84. The smallest absolute Gasteiger partial charge is 0.264 e. The van der Waals surface area contributed by atoms with Gasteiger partial charge < -0.3 is 4.90 Å². The van der Waals surface area contributed by atoms with E-state index >= 15 is 0 Å². The van der Waals surface area contributed by atoms with E-state index in [1.165, 1.54) is 15.7 Å². The Balaban J connectivity index is 1.62. The fraction of sp³-hybridized carbons (Fsp3) is 0.308. The summed E-state index contributed by atoms with van der Waals surface area (Å²) in [5, 5.41) is 0.653. The normalized spacial score (nSPS) is 15.2. The molecule has 192 valence electrons. The number of nitrogens with zero attached hydrogens (tertiary/aromatic N) is 3. The van der Waals surface area contributed by atoms with Gasteiger partial charge in [0.05, 0.1) is 15.5 Å². The summed E-state index contributed by atoms with van der Waals surface area (Å²) in [6, 6.07) is 17.3. The summed E-state index contributed by atoms with van der Waals surface area (Å²) in [7, 11) is -6.24. The van der Waals surface area contributed by atoms with Gasteiger partial charge in [0.25, 0.3) is 10.0 Å².